The number of hydrogen-bond donors (Lipinski definition) is 1. The van der Waals surface area contributed by atoms with E-state index in [2.05, 4.69) is 4.98 Å². The quantitative estimate of drug-likeness (QED) is 0.818. The van der Waals surface area contributed by atoms with Gasteiger partial charge in [-0.3, -0.25) is 9.78 Å². The van der Waals surface area contributed by atoms with E-state index in [4.69, 9.17) is 5.73 Å². The molecular weight excluding hydrogens is 212 g/mol. The Labute approximate surface area is 101 Å². The summed E-state index contributed by atoms with van der Waals surface area (Å²) in [4.78, 5) is 16.2. The van der Waals surface area contributed by atoms with E-state index in [1.54, 1.807) is 0 Å². The van der Waals surface area contributed by atoms with Crippen LogP contribution in [0.15, 0.2) is 30.3 Å². The van der Waals surface area contributed by atoms with Crippen LogP contribution in [0.1, 0.15) is 28.9 Å². The van der Waals surface area contributed by atoms with Crippen molar-refractivity contribution in [2.45, 2.75) is 19.8 Å². The standard InChI is InChI=1S/C14H16N2O/c1-10-4-5-11-9-12(6-7-13(11)16-10)14(17)3-2-8-15/h4-7,9H,2-3,8,15H2,1H3. The Hall–Kier alpha value is -1.74. The van der Waals surface area contributed by atoms with Gasteiger partial charge in [0.15, 0.2) is 5.78 Å². The Morgan fingerprint density at radius 1 is 1.29 bits per heavy atom. The molecule has 3 heteroatoms. The Bertz CT molecular complexity index is 549. The summed E-state index contributed by atoms with van der Waals surface area (Å²) in [6.45, 7) is 2.51. The van der Waals surface area contributed by atoms with E-state index in [9.17, 15) is 4.79 Å². The SMILES string of the molecule is Cc1ccc2cc(C(=O)CCCN)ccc2n1. The van der Waals surface area contributed by atoms with Crippen molar-refractivity contribution in [3.05, 3.63) is 41.6 Å². The van der Waals surface area contributed by atoms with E-state index in [0.717, 1.165) is 28.6 Å². The molecule has 0 aliphatic carbocycles. The second kappa shape index (κ2) is 5.06. The van der Waals surface area contributed by atoms with Gasteiger partial charge in [-0.1, -0.05) is 6.07 Å². The molecule has 0 aliphatic heterocycles. The van der Waals surface area contributed by atoms with Gasteiger partial charge in [-0.05, 0) is 44.2 Å². The van der Waals surface area contributed by atoms with Crippen LogP contribution in [-0.2, 0) is 0 Å². The number of ketones is 1. The molecule has 1 aromatic heterocycles. The zero-order valence-electron chi connectivity index (χ0n) is 9.94. The Morgan fingerprint density at radius 2 is 2.12 bits per heavy atom. The minimum Gasteiger partial charge on any atom is -0.330 e. The van der Waals surface area contributed by atoms with Crippen molar-refractivity contribution in [3.63, 3.8) is 0 Å². The van der Waals surface area contributed by atoms with Gasteiger partial charge in [0, 0.05) is 23.1 Å². The maximum atomic E-state index is 11.8. The number of carbonyl (C=O) groups is 1. The second-order valence-electron chi connectivity index (χ2n) is 4.18. The summed E-state index contributed by atoms with van der Waals surface area (Å²) in [7, 11) is 0. The van der Waals surface area contributed by atoms with Gasteiger partial charge < -0.3 is 5.73 Å². The van der Waals surface area contributed by atoms with Crippen molar-refractivity contribution >= 4 is 16.7 Å². The Kier molecular flexibility index (Phi) is 3.49. The molecule has 2 aromatic rings. The molecular formula is C14H16N2O. The summed E-state index contributed by atoms with van der Waals surface area (Å²) in [5, 5.41) is 1.01. The predicted molar refractivity (Wildman–Crippen MR) is 69.1 cm³/mol. The molecule has 17 heavy (non-hydrogen) atoms. The van der Waals surface area contributed by atoms with E-state index in [1.165, 1.54) is 0 Å². The number of rotatable bonds is 4. The van der Waals surface area contributed by atoms with E-state index in [1.807, 2.05) is 37.3 Å². The third kappa shape index (κ3) is 2.68. The van der Waals surface area contributed by atoms with E-state index in [-0.39, 0.29) is 5.78 Å². The highest BCUT2D eigenvalue weighted by Gasteiger charge is 2.06. The average Bonchev–Trinajstić information content (AvgIpc) is 2.35. The fourth-order valence-corrected chi connectivity index (χ4v) is 1.81. The monoisotopic (exact) mass is 228 g/mol. The number of aryl methyl sites for hydroxylation is 1. The summed E-state index contributed by atoms with van der Waals surface area (Å²) in [5.74, 6) is 0.151. The van der Waals surface area contributed by atoms with E-state index in [0.29, 0.717) is 13.0 Å². The molecule has 0 aliphatic rings. The van der Waals surface area contributed by atoms with Crippen LogP contribution in [0.25, 0.3) is 10.9 Å². The lowest BCUT2D eigenvalue weighted by Crippen LogP contribution is -2.04. The van der Waals surface area contributed by atoms with Gasteiger partial charge in [0.1, 0.15) is 0 Å². The molecule has 0 atom stereocenters. The zero-order chi connectivity index (χ0) is 12.3. The molecule has 3 nitrogen and oxygen atoms in total. The van der Waals surface area contributed by atoms with Crippen LogP contribution in [0.3, 0.4) is 0 Å². The molecule has 0 fully saturated rings. The van der Waals surface area contributed by atoms with Gasteiger partial charge in [-0.15, -0.1) is 0 Å². The fraction of sp³-hybridized carbons (Fsp3) is 0.286. The summed E-state index contributed by atoms with van der Waals surface area (Å²) in [5.41, 5.74) is 8.06. The lowest BCUT2D eigenvalue weighted by Gasteiger charge is -2.03. The van der Waals surface area contributed by atoms with Gasteiger partial charge in [0.2, 0.25) is 0 Å². The van der Waals surface area contributed by atoms with E-state index < -0.39 is 0 Å². The minimum atomic E-state index is 0.151. The lowest BCUT2D eigenvalue weighted by atomic mass is 10.0. The number of carbonyl (C=O) groups excluding carboxylic acids is 1. The summed E-state index contributed by atoms with van der Waals surface area (Å²) in [6.07, 6.45) is 1.25. The molecule has 1 heterocycles. The molecule has 0 radical (unpaired) electrons. The van der Waals surface area contributed by atoms with Crippen LogP contribution in [0.5, 0.6) is 0 Å². The number of nitrogens with zero attached hydrogens (tertiary/aromatic N) is 1. The van der Waals surface area contributed by atoms with Crippen LogP contribution in [0.2, 0.25) is 0 Å². The van der Waals surface area contributed by atoms with Crippen LogP contribution in [0, 0.1) is 6.92 Å². The van der Waals surface area contributed by atoms with E-state index >= 15 is 0 Å². The number of nitrogens with two attached hydrogens (primary N) is 1. The summed E-state index contributed by atoms with van der Waals surface area (Å²) < 4.78 is 0. The van der Waals surface area contributed by atoms with Crippen molar-refractivity contribution in [1.29, 1.82) is 0 Å². The maximum absolute atomic E-state index is 11.8. The second-order valence-corrected chi connectivity index (χ2v) is 4.18. The molecule has 0 spiro atoms. The molecule has 0 saturated heterocycles. The highest BCUT2D eigenvalue weighted by molar-refractivity contribution is 5.99. The molecule has 88 valence electrons. The zero-order valence-corrected chi connectivity index (χ0v) is 9.94. The normalized spacial score (nSPS) is 10.7. The summed E-state index contributed by atoms with van der Waals surface area (Å²) in [6, 6.07) is 9.60. The number of Topliss-reactive ketones (excluding diaryl/α,β-unsaturated/α-hetero) is 1. The fourth-order valence-electron chi connectivity index (χ4n) is 1.81. The number of aromatic nitrogens is 1. The van der Waals surface area contributed by atoms with Crippen molar-refractivity contribution in [2.24, 2.45) is 5.73 Å². The first-order valence-corrected chi connectivity index (χ1v) is 5.81. The van der Waals surface area contributed by atoms with Gasteiger partial charge >= 0.3 is 0 Å². The molecule has 1 aromatic carbocycles. The van der Waals surface area contributed by atoms with Gasteiger partial charge in [0.05, 0.1) is 5.52 Å². The number of hydrogen-bond acceptors (Lipinski definition) is 3. The Morgan fingerprint density at radius 3 is 2.88 bits per heavy atom. The van der Waals surface area contributed by atoms with Crippen molar-refractivity contribution in [2.75, 3.05) is 6.54 Å². The molecule has 0 amide bonds. The largest absolute Gasteiger partial charge is 0.330 e. The number of pyridine rings is 1. The summed E-state index contributed by atoms with van der Waals surface area (Å²) >= 11 is 0. The molecule has 0 bridgehead atoms. The predicted octanol–water partition coefficient (Wildman–Crippen LogP) is 2.46. The third-order valence-electron chi connectivity index (χ3n) is 2.76. The van der Waals surface area contributed by atoms with Crippen LogP contribution in [0.4, 0.5) is 0 Å². The van der Waals surface area contributed by atoms with Crippen LogP contribution < -0.4 is 5.73 Å². The first-order chi connectivity index (χ1) is 8.20. The lowest BCUT2D eigenvalue weighted by molar-refractivity contribution is 0.0981. The molecule has 2 N–H and O–H groups in total. The average molecular weight is 228 g/mol. The highest BCUT2D eigenvalue weighted by Crippen LogP contribution is 2.16. The molecule has 0 unspecified atom stereocenters. The number of benzene rings is 1. The van der Waals surface area contributed by atoms with Gasteiger partial charge in [-0.25, -0.2) is 0 Å². The van der Waals surface area contributed by atoms with Crippen molar-refractivity contribution in [1.82, 2.24) is 4.98 Å². The van der Waals surface area contributed by atoms with Crippen molar-refractivity contribution < 1.29 is 4.79 Å². The van der Waals surface area contributed by atoms with Gasteiger partial charge in [0.25, 0.3) is 0 Å². The number of fused-ring (bicyclic) bond motifs is 1. The topological polar surface area (TPSA) is 56.0 Å². The highest BCUT2D eigenvalue weighted by atomic mass is 16.1. The smallest absolute Gasteiger partial charge is 0.162 e. The Balaban J connectivity index is 2.31. The van der Waals surface area contributed by atoms with Gasteiger partial charge in [-0.2, -0.15) is 0 Å². The van der Waals surface area contributed by atoms with Crippen LogP contribution in [-0.4, -0.2) is 17.3 Å². The molecule has 2 rings (SSSR count). The van der Waals surface area contributed by atoms with Crippen LogP contribution >= 0.6 is 0 Å². The first kappa shape index (κ1) is 11.7. The first-order valence-electron chi connectivity index (χ1n) is 5.81. The maximum Gasteiger partial charge on any atom is 0.162 e. The minimum absolute atomic E-state index is 0.151. The van der Waals surface area contributed by atoms with Crippen molar-refractivity contribution in [3.8, 4) is 0 Å². The third-order valence-corrected chi connectivity index (χ3v) is 2.76. The molecule has 0 saturated carbocycles.